The van der Waals surface area contributed by atoms with Crippen LogP contribution >= 0.6 is 15.9 Å². The maximum atomic E-state index is 11.1. The van der Waals surface area contributed by atoms with E-state index in [2.05, 4.69) is 20.7 Å². The number of rotatable bonds is 6. The van der Waals surface area contributed by atoms with Crippen molar-refractivity contribution in [1.29, 1.82) is 0 Å². The molecule has 0 fully saturated rings. The molecule has 0 aromatic heterocycles. The lowest BCUT2D eigenvalue weighted by molar-refractivity contribution is -0.140. The third kappa shape index (κ3) is 4.31. The zero-order valence-electron chi connectivity index (χ0n) is 10.6. The van der Waals surface area contributed by atoms with Gasteiger partial charge in [0.05, 0.1) is 13.7 Å². The molecular formula is C13H18BrNO3. The fourth-order valence-corrected chi connectivity index (χ4v) is 2.01. The SMILES string of the molecule is CCOc1ccc(Br)cc1C(N)CCC(=O)OC. The lowest BCUT2D eigenvalue weighted by Gasteiger charge is -2.16. The Morgan fingerprint density at radius 3 is 2.83 bits per heavy atom. The molecule has 0 aliphatic heterocycles. The van der Waals surface area contributed by atoms with Crippen molar-refractivity contribution in [2.75, 3.05) is 13.7 Å². The van der Waals surface area contributed by atoms with Crippen LogP contribution < -0.4 is 10.5 Å². The highest BCUT2D eigenvalue weighted by atomic mass is 79.9. The maximum absolute atomic E-state index is 11.1. The summed E-state index contributed by atoms with van der Waals surface area (Å²) in [5.74, 6) is 0.511. The van der Waals surface area contributed by atoms with Gasteiger partial charge in [0.25, 0.3) is 0 Å². The second-order valence-corrected chi connectivity index (χ2v) is 4.75. The fraction of sp³-hybridized carbons (Fsp3) is 0.462. The number of benzene rings is 1. The van der Waals surface area contributed by atoms with E-state index in [0.29, 0.717) is 19.4 Å². The van der Waals surface area contributed by atoms with Crippen molar-refractivity contribution in [1.82, 2.24) is 0 Å². The minimum atomic E-state index is -0.251. The normalized spacial score (nSPS) is 12.0. The van der Waals surface area contributed by atoms with E-state index in [1.54, 1.807) is 0 Å². The van der Waals surface area contributed by atoms with Crippen molar-refractivity contribution in [3.05, 3.63) is 28.2 Å². The van der Waals surface area contributed by atoms with Crippen molar-refractivity contribution in [3.8, 4) is 5.75 Å². The summed E-state index contributed by atoms with van der Waals surface area (Å²) in [6.07, 6.45) is 0.832. The van der Waals surface area contributed by atoms with Gasteiger partial charge in [0.1, 0.15) is 5.75 Å². The summed E-state index contributed by atoms with van der Waals surface area (Å²) in [5, 5.41) is 0. The molecule has 1 rings (SSSR count). The van der Waals surface area contributed by atoms with Gasteiger partial charge in [0.15, 0.2) is 0 Å². The van der Waals surface area contributed by atoms with E-state index >= 15 is 0 Å². The standard InChI is InChI=1S/C13H18BrNO3/c1-3-18-12-6-4-9(14)8-10(12)11(15)5-7-13(16)17-2/h4,6,8,11H,3,5,7,15H2,1-2H3. The smallest absolute Gasteiger partial charge is 0.305 e. The van der Waals surface area contributed by atoms with E-state index in [9.17, 15) is 4.79 Å². The first-order valence-electron chi connectivity index (χ1n) is 5.83. The van der Waals surface area contributed by atoms with Crippen LogP contribution in [-0.4, -0.2) is 19.7 Å². The number of hydrogen-bond acceptors (Lipinski definition) is 4. The van der Waals surface area contributed by atoms with Crippen LogP contribution in [0.3, 0.4) is 0 Å². The first-order valence-corrected chi connectivity index (χ1v) is 6.62. The van der Waals surface area contributed by atoms with Gasteiger partial charge in [0.2, 0.25) is 0 Å². The van der Waals surface area contributed by atoms with Gasteiger partial charge in [-0.2, -0.15) is 0 Å². The molecule has 5 heteroatoms. The van der Waals surface area contributed by atoms with Gasteiger partial charge in [-0.1, -0.05) is 15.9 Å². The highest BCUT2D eigenvalue weighted by molar-refractivity contribution is 9.10. The number of hydrogen-bond donors (Lipinski definition) is 1. The monoisotopic (exact) mass is 315 g/mol. The van der Waals surface area contributed by atoms with Gasteiger partial charge in [-0.25, -0.2) is 0 Å². The average molecular weight is 316 g/mol. The van der Waals surface area contributed by atoms with Crippen molar-refractivity contribution < 1.29 is 14.3 Å². The zero-order valence-corrected chi connectivity index (χ0v) is 12.2. The second-order valence-electron chi connectivity index (χ2n) is 3.84. The Morgan fingerprint density at radius 2 is 2.22 bits per heavy atom. The molecule has 0 bridgehead atoms. The maximum Gasteiger partial charge on any atom is 0.305 e. The summed E-state index contributed by atoms with van der Waals surface area (Å²) in [4.78, 5) is 11.1. The summed E-state index contributed by atoms with van der Waals surface area (Å²) in [6, 6.07) is 5.46. The van der Waals surface area contributed by atoms with E-state index < -0.39 is 0 Å². The Kier molecular flexibility index (Phi) is 6.15. The first-order chi connectivity index (χ1) is 8.58. The third-order valence-electron chi connectivity index (χ3n) is 2.56. The van der Waals surface area contributed by atoms with Crippen molar-refractivity contribution in [2.45, 2.75) is 25.8 Å². The molecule has 1 unspecified atom stereocenters. The van der Waals surface area contributed by atoms with Crippen LogP contribution in [0.15, 0.2) is 22.7 Å². The van der Waals surface area contributed by atoms with Gasteiger partial charge < -0.3 is 15.2 Å². The van der Waals surface area contributed by atoms with Crippen LogP contribution in [0.25, 0.3) is 0 Å². The number of methoxy groups -OCH3 is 1. The first kappa shape index (κ1) is 15.0. The van der Waals surface area contributed by atoms with Gasteiger partial charge >= 0.3 is 5.97 Å². The molecule has 0 aliphatic rings. The fourth-order valence-electron chi connectivity index (χ4n) is 1.63. The molecule has 0 heterocycles. The largest absolute Gasteiger partial charge is 0.494 e. The second kappa shape index (κ2) is 7.38. The molecule has 4 nitrogen and oxygen atoms in total. The van der Waals surface area contributed by atoms with E-state index in [-0.39, 0.29) is 12.0 Å². The van der Waals surface area contributed by atoms with Gasteiger partial charge in [-0.15, -0.1) is 0 Å². The number of carbonyl (C=O) groups is 1. The van der Waals surface area contributed by atoms with E-state index in [1.807, 2.05) is 25.1 Å². The van der Waals surface area contributed by atoms with E-state index in [1.165, 1.54) is 7.11 Å². The highest BCUT2D eigenvalue weighted by Gasteiger charge is 2.14. The Morgan fingerprint density at radius 1 is 1.50 bits per heavy atom. The molecule has 1 atom stereocenters. The summed E-state index contributed by atoms with van der Waals surface area (Å²) < 4.78 is 11.1. The molecule has 18 heavy (non-hydrogen) atoms. The molecule has 0 radical (unpaired) electrons. The summed E-state index contributed by atoms with van der Waals surface area (Å²) in [6.45, 7) is 2.50. The number of halogens is 1. The van der Waals surface area contributed by atoms with Gasteiger partial charge in [-0.3, -0.25) is 4.79 Å². The summed E-state index contributed by atoms with van der Waals surface area (Å²) in [7, 11) is 1.37. The predicted octanol–water partition coefficient (Wildman–Crippen LogP) is 2.80. The van der Waals surface area contributed by atoms with Crippen molar-refractivity contribution in [2.24, 2.45) is 5.73 Å². The molecule has 2 N–H and O–H groups in total. The molecule has 0 spiro atoms. The number of nitrogens with two attached hydrogens (primary N) is 1. The molecule has 0 amide bonds. The van der Waals surface area contributed by atoms with Crippen LogP contribution in [0.2, 0.25) is 0 Å². The minimum Gasteiger partial charge on any atom is -0.494 e. The summed E-state index contributed by atoms with van der Waals surface area (Å²) in [5.41, 5.74) is 6.99. The zero-order chi connectivity index (χ0) is 13.5. The molecule has 1 aromatic carbocycles. The number of ether oxygens (including phenoxy) is 2. The van der Waals surface area contributed by atoms with E-state index in [4.69, 9.17) is 10.5 Å². The molecular weight excluding hydrogens is 298 g/mol. The topological polar surface area (TPSA) is 61.5 Å². The van der Waals surface area contributed by atoms with Gasteiger partial charge in [0, 0.05) is 22.5 Å². The highest BCUT2D eigenvalue weighted by Crippen LogP contribution is 2.29. The van der Waals surface area contributed by atoms with Crippen LogP contribution in [0, 0.1) is 0 Å². The van der Waals surface area contributed by atoms with Crippen LogP contribution in [0.4, 0.5) is 0 Å². The molecule has 0 aliphatic carbocycles. The van der Waals surface area contributed by atoms with Crippen LogP contribution in [0.1, 0.15) is 31.4 Å². The quantitative estimate of drug-likeness (QED) is 0.820. The molecule has 0 saturated heterocycles. The average Bonchev–Trinajstić information content (AvgIpc) is 2.37. The lowest BCUT2D eigenvalue weighted by atomic mass is 10.0. The number of carbonyl (C=O) groups excluding carboxylic acids is 1. The number of esters is 1. The Balaban J connectivity index is 2.79. The lowest BCUT2D eigenvalue weighted by Crippen LogP contribution is -2.14. The van der Waals surface area contributed by atoms with Crippen molar-refractivity contribution >= 4 is 21.9 Å². The van der Waals surface area contributed by atoms with Crippen LogP contribution in [0.5, 0.6) is 5.75 Å². The Bertz CT molecular complexity index is 409. The minimum absolute atomic E-state index is 0.247. The third-order valence-corrected chi connectivity index (χ3v) is 3.05. The van der Waals surface area contributed by atoms with Crippen LogP contribution in [-0.2, 0) is 9.53 Å². The predicted molar refractivity (Wildman–Crippen MR) is 73.5 cm³/mol. The Hall–Kier alpha value is -1.07. The molecule has 100 valence electrons. The molecule has 1 aromatic rings. The van der Waals surface area contributed by atoms with Gasteiger partial charge in [-0.05, 0) is 31.5 Å². The molecule has 0 saturated carbocycles. The Labute approximate surface area is 116 Å². The summed E-state index contributed by atoms with van der Waals surface area (Å²) >= 11 is 3.41. The van der Waals surface area contributed by atoms with Crippen molar-refractivity contribution in [3.63, 3.8) is 0 Å². The van der Waals surface area contributed by atoms with E-state index in [0.717, 1.165) is 15.8 Å².